The Morgan fingerprint density at radius 1 is 0.880 bits per heavy atom. The van der Waals surface area contributed by atoms with Crippen molar-refractivity contribution < 1.29 is 9.47 Å². The van der Waals surface area contributed by atoms with E-state index in [1.165, 1.54) is 5.56 Å². The Kier molecular flexibility index (Phi) is 3.27. The Balaban J connectivity index is 1.43. The Labute approximate surface area is 145 Å². The van der Waals surface area contributed by atoms with Crippen molar-refractivity contribution in [3.8, 4) is 22.6 Å². The third-order valence-corrected chi connectivity index (χ3v) is 4.61. The van der Waals surface area contributed by atoms with Crippen LogP contribution >= 0.6 is 0 Å². The summed E-state index contributed by atoms with van der Waals surface area (Å²) in [5.74, 6) is 1.59. The van der Waals surface area contributed by atoms with Crippen LogP contribution in [0.25, 0.3) is 11.1 Å². The zero-order valence-corrected chi connectivity index (χ0v) is 13.6. The lowest BCUT2D eigenvalue weighted by Crippen LogP contribution is -2.36. The normalized spacial score (nSPS) is 17.8. The molecule has 0 radical (unpaired) electrons. The van der Waals surface area contributed by atoms with Crippen molar-refractivity contribution in [1.82, 2.24) is 4.98 Å². The fourth-order valence-corrected chi connectivity index (χ4v) is 3.30. The van der Waals surface area contributed by atoms with E-state index in [0.29, 0.717) is 6.61 Å². The lowest BCUT2D eigenvalue weighted by molar-refractivity contribution is 0.134. The molecule has 25 heavy (non-hydrogen) atoms. The Morgan fingerprint density at radius 2 is 1.72 bits per heavy atom. The van der Waals surface area contributed by atoms with E-state index in [0.717, 1.165) is 40.4 Å². The lowest BCUT2D eigenvalue weighted by atomic mass is 10.0. The fraction of sp³-hybridized carbons (Fsp3) is 0.143. The minimum Gasteiger partial charge on any atom is -0.485 e. The Hall–Kier alpha value is -3.14. The summed E-state index contributed by atoms with van der Waals surface area (Å²) in [6, 6.07) is 18.2. The number of aromatic nitrogens is 1. The molecule has 0 fully saturated rings. The molecule has 3 aromatic rings. The van der Waals surface area contributed by atoms with Crippen LogP contribution in [0.5, 0.6) is 11.5 Å². The Bertz CT molecular complexity index is 967. The summed E-state index contributed by atoms with van der Waals surface area (Å²) in [5.41, 5.74) is 5.57. The molecule has 2 aliphatic rings. The zero-order valence-electron chi connectivity index (χ0n) is 13.6. The topological polar surface area (TPSA) is 43.7 Å². The summed E-state index contributed by atoms with van der Waals surface area (Å²) in [6.07, 6.45) is 4.29. The maximum absolute atomic E-state index is 6.10. The van der Waals surface area contributed by atoms with Gasteiger partial charge in [0.15, 0.2) is 17.6 Å². The number of aliphatic imine (C=N–C) groups is 1. The van der Waals surface area contributed by atoms with Crippen molar-refractivity contribution in [1.29, 1.82) is 0 Å². The SMILES string of the molecule is c1ccc2c(c1)OCC(C1=Nc3cc(-c4ccncc4)ccc3C1)O2. The number of benzene rings is 2. The third-order valence-electron chi connectivity index (χ3n) is 4.61. The van der Waals surface area contributed by atoms with Gasteiger partial charge < -0.3 is 9.47 Å². The molecule has 5 rings (SSSR count). The van der Waals surface area contributed by atoms with Crippen LogP contribution in [0.1, 0.15) is 5.56 Å². The molecular weight excluding hydrogens is 312 g/mol. The summed E-state index contributed by atoms with van der Waals surface area (Å²) in [6.45, 7) is 0.501. The number of ether oxygens (including phenoxy) is 2. The molecule has 0 spiro atoms. The molecule has 2 aliphatic heterocycles. The number of pyridine rings is 1. The molecule has 122 valence electrons. The average Bonchev–Trinajstić information content (AvgIpc) is 3.11. The first-order valence-electron chi connectivity index (χ1n) is 8.36. The highest BCUT2D eigenvalue weighted by atomic mass is 16.6. The maximum atomic E-state index is 6.10. The van der Waals surface area contributed by atoms with Gasteiger partial charge in [0.2, 0.25) is 0 Å². The molecule has 0 bridgehead atoms. The highest BCUT2D eigenvalue weighted by molar-refractivity contribution is 5.98. The zero-order chi connectivity index (χ0) is 16.6. The highest BCUT2D eigenvalue weighted by Gasteiger charge is 2.29. The standard InChI is InChI=1S/C21H16N2O2/c1-2-4-20-19(3-1)24-13-21(25-20)18-12-16-6-5-15(11-17(16)23-18)14-7-9-22-10-8-14/h1-11,21H,12-13H2. The van der Waals surface area contributed by atoms with Crippen molar-refractivity contribution in [2.45, 2.75) is 12.5 Å². The van der Waals surface area contributed by atoms with Gasteiger partial charge in [0.25, 0.3) is 0 Å². The van der Waals surface area contributed by atoms with Gasteiger partial charge in [-0.1, -0.05) is 24.3 Å². The van der Waals surface area contributed by atoms with Crippen LogP contribution in [-0.2, 0) is 6.42 Å². The van der Waals surface area contributed by atoms with Gasteiger partial charge in [-0.15, -0.1) is 0 Å². The van der Waals surface area contributed by atoms with E-state index in [1.807, 2.05) is 48.8 Å². The van der Waals surface area contributed by atoms with Crippen LogP contribution in [0, 0.1) is 0 Å². The molecule has 4 nitrogen and oxygen atoms in total. The molecule has 2 aromatic carbocycles. The van der Waals surface area contributed by atoms with Crippen molar-refractivity contribution in [2.24, 2.45) is 4.99 Å². The average molecular weight is 328 g/mol. The van der Waals surface area contributed by atoms with Gasteiger partial charge in [-0.05, 0) is 47.0 Å². The van der Waals surface area contributed by atoms with Crippen molar-refractivity contribution in [3.63, 3.8) is 0 Å². The first kappa shape index (κ1) is 14.2. The summed E-state index contributed by atoms with van der Waals surface area (Å²) >= 11 is 0. The maximum Gasteiger partial charge on any atom is 0.171 e. The summed E-state index contributed by atoms with van der Waals surface area (Å²) < 4.78 is 11.9. The first-order valence-corrected chi connectivity index (χ1v) is 8.36. The van der Waals surface area contributed by atoms with Crippen LogP contribution < -0.4 is 9.47 Å². The van der Waals surface area contributed by atoms with E-state index in [1.54, 1.807) is 0 Å². The minimum absolute atomic E-state index is 0.133. The van der Waals surface area contributed by atoms with E-state index in [-0.39, 0.29) is 6.10 Å². The van der Waals surface area contributed by atoms with Gasteiger partial charge in [0, 0.05) is 18.8 Å². The van der Waals surface area contributed by atoms with Crippen LogP contribution in [0.15, 0.2) is 72.0 Å². The molecule has 4 heteroatoms. The smallest absolute Gasteiger partial charge is 0.171 e. The number of para-hydroxylation sites is 2. The first-order chi connectivity index (χ1) is 12.4. The summed E-state index contributed by atoms with van der Waals surface area (Å²) in [7, 11) is 0. The molecule has 1 atom stereocenters. The lowest BCUT2D eigenvalue weighted by Gasteiger charge is -2.26. The number of hydrogen-bond donors (Lipinski definition) is 0. The van der Waals surface area contributed by atoms with Gasteiger partial charge in [-0.2, -0.15) is 0 Å². The second-order valence-corrected chi connectivity index (χ2v) is 6.22. The predicted octanol–water partition coefficient (Wildman–Crippen LogP) is 4.22. The molecule has 0 N–H and O–H groups in total. The molecule has 0 aliphatic carbocycles. The third kappa shape index (κ3) is 2.56. The molecule has 0 saturated carbocycles. The van der Waals surface area contributed by atoms with E-state index < -0.39 is 0 Å². The number of nitrogens with zero attached hydrogens (tertiary/aromatic N) is 2. The van der Waals surface area contributed by atoms with Gasteiger partial charge in [-0.3, -0.25) is 9.98 Å². The molecular formula is C21H16N2O2. The van der Waals surface area contributed by atoms with Crippen LogP contribution in [0.3, 0.4) is 0 Å². The Morgan fingerprint density at radius 3 is 2.60 bits per heavy atom. The van der Waals surface area contributed by atoms with E-state index in [4.69, 9.17) is 14.5 Å². The van der Waals surface area contributed by atoms with Crippen molar-refractivity contribution >= 4 is 11.4 Å². The van der Waals surface area contributed by atoms with E-state index in [9.17, 15) is 0 Å². The number of rotatable bonds is 2. The summed E-state index contributed by atoms with van der Waals surface area (Å²) in [4.78, 5) is 8.91. The highest BCUT2D eigenvalue weighted by Crippen LogP contribution is 2.36. The molecule has 3 heterocycles. The second-order valence-electron chi connectivity index (χ2n) is 6.22. The molecule has 1 unspecified atom stereocenters. The van der Waals surface area contributed by atoms with Gasteiger partial charge >= 0.3 is 0 Å². The van der Waals surface area contributed by atoms with E-state index in [2.05, 4.69) is 23.2 Å². The summed E-state index contributed by atoms with van der Waals surface area (Å²) in [5, 5.41) is 0. The molecule has 0 saturated heterocycles. The molecule has 1 aromatic heterocycles. The largest absolute Gasteiger partial charge is 0.485 e. The number of fused-ring (bicyclic) bond motifs is 2. The van der Waals surface area contributed by atoms with Crippen molar-refractivity contribution in [3.05, 3.63) is 72.6 Å². The van der Waals surface area contributed by atoms with Gasteiger partial charge in [-0.25, -0.2) is 0 Å². The van der Waals surface area contributed by atoms with Crippen molar-refractivity contribution in [2.75, 3.05) is 6.61 Å². The predicted molar refractivity (Wildman–Crippen MR) is 96.8 cm³/mol. The van der Waals surface area contributed by atoms with Crippen LogP contribution in [-0.4, -0.2) is 23.4 Å². The van der Waals surface area contributed by atoms with Crippen LogP contribution in [0.4, 0.5) is 5.69 Å². The van der Waals surface area contributed by atoms with Gasteiger partial charge in [0.1, 0.15) is 6.61 Å². The van der Waals surface area contributed by atoms with E-state index >= 15 is 0 Å². The molecule has 0 amide bonds. The minimum atomic E-state index is -0.133. The van der Waals surface area contributed by atoms with Gasteiger partial charge in [0.05, 0.1) is 11.4 Å². The monoisotopic (exact) mass is 328 g/mol. The quantitative estimate of drug-likeness (QED) is 0.707. The number of hydrogen-bond acceptors (Lipinski definition) is 4. The van der Waals surface area contributed by atoms with Crippen LogP contribution in [0.2, 0.25) is 0 Å². The second kappa shape index (κ2) is 5.74. The fourth-order valence-electron chi connectivity index (χ4n) is 3.30.